The molecule has 1 aliphatic rings. The number of nitrogens with zero attached hydrogens (tertiary/aromatic N) is 1. The van der Waals surface area contributed by atoms with Gasteiger partial charge in [-0.2, -0.15) is 0 Å². The quantitative estimate of drug-likeness (QED) is 0.743. The Morgan fingerprint density at radius 1 is 1.25 bits per heavy atom. The molecule has 0 aliphatic carbocycles. The highest BCUT2D eigenvalue weighted by Gasteiger charge is 2.34. The van der Waals surface area contributed by atoms with Crippen molar-refractivity contribution < 1.29 is 27.5 Å². The van der Waals surface area contributed by atoms with Gasteiger partial charge in [-0.3, -0.25) is 4.79 Å². The number of carbonyl (C=O) groups excluding carboxylic acids is 2. The summed E-state index contributed by atoms with van der Waals surface area (Å²) in [7, 11) is -2.41. The molecule has 0 saturated carbocycles. The predicted octanol–water partition coefficient (Wildman–Crippen LogP) is 1.72. The molecule has 156 valence electrons. The largest absolute Gasteiger partial charge is 0.465 e. The van der Waals surface area contributed by atoms with Crippen LogP contribution in [0.1, 0.15) is 44.0 Å². The highest BCUT2D eigenvalue weighted by molar-refractivity contribution is 7.90. The minimum Gasteiger partial charge on any atom is -0.465 e. The molecule has 0 radical (unpaired) electrons. The van der Waals surface area contributed by atoms with E-state index in [0.29, 0.717) is 25.1 Å². The molecule has 2 unspecified atom stereocenters. The fourth-order valence-electron chi connectivity index (χ4n) is 3.21. The van der Waals surface area contributed by atoms with E-state index < -0.39 is 27.6 Å². The summed E-state index contributed by atoms with van der Waals surface area (Å²) in [6, 6.07) is 4.45. The molecule has 1 fully saturated rings. The maximum absolute atomic E-state index is 12.3. The van der Waals surface area contributed by atoms with Gasteiger partial charge in [0.2, 0.25) is 0 Å². The first-order valence-electron chi connectivity index (χ1n) is 9.01. The third kappa shape index (κ3) is 5.23. The molecule has 1 saturated heterocycles. The molecular weight excluding hydrogens is 384 g/mol. The van der Waals surface area contributed by atoms with Gasteiger partial charge in [0, 0.05) is 18.5 Å². The summed E-state index contributed by atoms with van der Waals surface area (Å²) in [4.78, 5) is 26.1. The summed E-state index contributed by atoms with van der Waals surface area (Å²) in [5.41, 5.74) is 6.27. The molecule has 2 rings (SSSR count). The second-order valence-electron chi connectivity index (χ2n) is 7.96. The molecule has 0 bridgehead atoms. The van der Waals surface area contributed by atoms with Gasteiger partial charge in [-0.1, -0.05) is 0 Å². The van der Waals surface area contributed by atoms with E-state index in [-0.39, 0.29) is 22.3 Å². The Balaban J connectivity index is 2.25. The number of nitrogens with two attached hydrogens (primary N) is 1. The van der Waals surface area contributed by atoms with E-state index in [9.17, 15) is 18.0 Å². The summed E-state index contributed by atoms with van der Waals surface area (Å²) >= 11 is 0. The number of sulfone groups is 1. The number of methoxy groups -OCH3 is 1. The number of esters is 2. The zero-order chi connectivity index (χ0) is 21.3. The third-order valence-electron chi connectivity index (χ3n) is 4.48. The van der Waals surface area contributed by atoms with Crippen molar-refractivity contribution in [2.75, 3.05) is 24.8 Å². The lowest BCUT2D eigenvalue weighted by atomic mass is 9.93. The van der Waals surface area contributed by atoms with Gasteiger partial charge in [0.05, 0.1) is 29.7 Å². The fraction of sp³-hybridized carbons (Fsp3) is 0.579. The summed E-state index contributed by atoms with van der Waals surface area (Å²) in [5, 5.41) is 0. The van der Waals surface area contributed by atoms with E-state index in [4.69, 9.17) is 15.2 Å². The lowest BCUT2D eigenvalue weighted by Crippen LogP contribution is -2.50. The van der Waals surface area contributed by atoms with Crippen LogP contribution in [0, 0.1) is 5.92 Å². The van der Waals surface area contributed by atoms with E-state index in [1.165, 1.54) is 19.2 Å². The fourth-order valence-corrected chi connectivity index (χ4v) is 4.06. The Hall–Kier alpha value is -2.13. The maximum Gasteiger partial charge on any atom is 0.339 e. The topological polar surface area (TPSA) is 116 Å². The third-order valence-corrected chi connectivity index (χ3v) is 5.64. The SMILES string of the molecule is COC(=O)c1cc(N2CCC(C(=O)OC(C)(C)C)CC2N)ccc1S(C)(=O)=O. The normalized spacial score (nSPS) is 20.6. The van der Waals surface area contributed by atoms with Crippen LogP contribution in [0.15, 0.2) is 23.1 Å². The van der Waals surface area contributed by atoms with Gasteiger partial charge >= 0.3 is 11.9 Å². The minimum absolute atomic E-state index is 0.0380. The molecule has 1 aliphatic heterocycles. The lowest BCUT2D eigenvalue weighted by Gasteiger charge is -2.39. The van der Waals surface area contributed by atoms with Crippen LogP contribution in [0.5, 0.6) is 0 Å². The van der Waals surface area contributed by atoms with Gasteiger partial charge in [0.1, 0.15) is 5.60 Å². The number of anilines is 1. The van der Waals surface area contributed by atoms with Crippen LogP contribution < -0.4 is 10.6 Å². The number of piperidine rings is 1. The zero-order valence-electron chi connectivity index (χ0n) is 16.9. The highest BCUT2D eigenvalue weighted by Crippen LogP contribution is 2.30. The minimum atomic E-state index is -3.60. The van der Waals surface area contributed by atoms with Gasteiger partial charge in [-0.05, 0) is 51.8 Å². The van der Waals surface area contributed by atoms with Crippen molar-refractivity contribution in [1.82, 2.24) is 0 Å². The number of hydrogen-bond acceptors (Lipinski definition) is 8. The molecule has 0 spiro atoms. The average molecular weight is 413 g/mol. The summed E-state index contributed by atoms with van der Waals surface area (Å²) in [6.45, 7) is 5.93. The van der Waals surface area contributed by atoms with Crippen LogP contribution in [0.2, 0.25) is 0 Å². The van der Waals surface area contributed by atoms with E-state index in [0.717, 1.165) is 6.26 Å². The Bertz CT molecular complexity index is 860. The highest BCUT2D eigenvalue weighted by atomic mass is 32.2. The van der Waals surface area contributed by atoms with Crippen LogP contribution in [0.4, 0.5) is 5.69 Å². The van der Waals surface area contributed by atoms with Gasteiger partial charge in [0.15, 0.2) is 9.84 Å². The van der Waals surface area contributed by atoms with E-state index in [2.05, 4.69) is 0 Å². The molecule has 1 heterocycles. The van der Waals surface area contributed by atoms with Crippen molar-refractivity contribution in [1.29, 1.82) is 0 Å². The second kappa shape index (κ2) is 8.08. The predicted molar refractivity (Wildman–Crippen MR) is 105 cm³/mol. The monoisotopic (exact) mass is 412 g/mol. The van der Waals surface area contributed by atoms with E-state index >= 15 is 0 Å². The molecule has 9 heteroatoms. The van der Waals surface area contributed by atoms with E-state index in [1.54, 1.807) is 6.07 Å². The number of benzene rings is 1. The molecule has 1 aromatic rings. The van der Waals surface area contributed by atoms with Gasteiger partial charge in [0.25, 0.3) is 0 Å². The Labute approximate surface area is 165 Å². The smallest absolute Gasteiger partial charge is 0.339 e. The number of ether oxygens (including phenoxy) is 2. The van der Waals surface area contributed by atoms with Crippen LogP contribution in [-0.2, 0) is 24.1 Å². The van der Waals surface area contributed by atoms with Gasteiger partial charge < -0.3 is 20.1 Å². The Kier molecular flexibility index (Phi) is 6.40. The second-order valence-corrected chi connectivity index (χ2v) is 9.94. The number of carbonyl (C=O) groups is 2. The Morgan fingerprint density at radius 2 is 1.89 bits per heavy atom. The van der Waals surface area contributed by atoms with Gasteiger partial charge in [-0.15, -0.1) is 0 Å². The first-order chi connectivity index (χ1) is 12.8. The summed E-state index contributed by atoms with van der Waals surface area (Å²) in [5.74, 6) is -1.31. The molecule has 1 aromatic carbocycles. The van der Waals surface area contributed by atoms with Crippen LogP contribution >= 0.6 is 0 Å². The molecule has 0 aromatic heterocycles. The number of hydrogen-bond donors (Lipinski definition) is 1. The van der Waals surface area contributed by atoms with Crippen molar-refractivity contribution in [2.24, 2.45) is 11.7 Å². The van der Waals surface area contributed by atoms with Gasteiger partial charge in [-0.25, -0.2) is 13.2 Å². The van der Waals surface area contributed by atoms with Crippen molar-refractivity contribution in [2.45, 2.75) is 50.3 Å². The first kappa shape index (κ1) is 22.2. The van der Waals surface area contributed by atoms with Crippen LogP contribution in [0.3, 0.4) is 0 Å². The van der Waals surface area contributed by atoms with Crippen molar-refractivity contribution in [3.05, 3.63) is 23.8 Å². The molecule has 0 amide bonds. The Morgan fingerprint density at radius 3 is 2.39 bits per heavy atom. The molecule has 28 heavy (non-hydrogen) atoms. The zero-order valence-corrected chi connectivity index (χ0v) is 17.7. The summed E-state index contributed by atoms with van der Waals surface area (Å²) in [6.07, 6.45) is 1.51. The molecule has 2 N–H and O–H groups in total. The maximum atomic E-state index is 12.3. The van der Waals surface area contributed by atoms with Crippen LogP contribution in [0.25, 0.3) is 0 Å². The van der Waals surface area contributed by atoms with Crippen molar-refractivity contribution >= 4 is 27.5 Å². The van der Waals surface area contributed by atoms with Crippen molar-refractivity contribution in [3.8, 4) is 0 Å². The lowest BCUT2D eigenvalue weighted by molar-refractivity contribution is -0.161. The first-order valence-corrected chi connectivity index (χ1v) is 10.9. The molecule has 8 nitrogen and oxygen atoms in total. The number of rotatable bonds is 4. The molecule has 2 atom stereocenters. The standard InChI is InChI=1S/C19H28N2O6S/c1-19(2,3)27-17(22)12-8-9-21(16(20)10-12)13-6-7-15(28(5,24)25)14(11-13)18(23)26-4/h6-7,11-12,16H,8-10,20H2,1-5H3. The average Bonchev–Trinajstić information content (AvgIpc) is 2.58. The van der Waals surface area contributed by atoms with E-state index in [1.807, 2.05) is 25.7 Å². The summed E-state index contributed by atoms with van der Waals surface area (Å²) < 4.78 is 34.1. The van der Waals surface area contributed by atoms with Crippen LogP contribution in [-0.4, -0.2) is 52.0 Å². The molecular formula is C19H28N2O6S. The van der Waals surface area contributed by atoms with Crippen molar-refractivity contribution in [3.63, 3.8) is 0 Å².